The number of unbranched alkanes of at least 4 members (excludes halogenated alkanes) is 10. The molecule has 0 radical (unpaired) electrons. The van der Waals surface area contributed by atoms with Gasteiger partial charge >= 0.3 is 0 Å². The van der Waals surface area contributed by atoms with Crippen LogP contribution in [0.5, 0.6) is 0 Å². The van der Waals surface area contributed by atoms with Crippen molar-refractivity contribution >= 4 is 43.1 Å². The van der Waals surface area contributed by atoms with E-state index in [1.165, 1.54) is 144 Å². The number of fused-ring (bicyclic) bond motifs is 4. The second kappa shape index (κ2) is 13.3. The summed E-state index contributed by atoms with van der Waals surface area (Å²) in [5, 5.41) is 10.8. The minimum absolute atomic E-state index is 1.20. The van der Waals surface area contributed by atoms with Crippen molar-refractivity contribution < 1.29 is 0 Å². The molecule has 0 fully saturated rings. The highest BCUT2D eigenvalue weighted by Crippen LogP contribution is 2.31. The van der Waals surface area contributed by atoms with Crippen molar-refractivity contribution in [2.24, 2.45) is 0 Å². The fourth-order valence-corrected chi connectivity index (χ4v) is 6.13. The van der Waals surface area contributed by atoms with Crippen LogP contribution in [-0.4, -0.2) is 0 Å². The first-order valence-corrected chi connectivity index (χ1v) is 15.6. The number of hydrogen-bond acceptors (Lipinski definition) is 0. The minimum atomic E-state index is 1.20. The zero-order valence-electron chi connectivity index (χ0n) is 23.8. The third-order valence-corrected chi connectivity index (χ3v) is 8.47. The monoisotopic (exact) mass is 502 g/mol. The number of hydrogen-bond donors (Lipinski definition) is 0. The van der Waals surface area contributed by atoms with E-state index in [1.807, 2.05) is 0 Å². The molecule has 0 atom stereocenters. The van der Waals surface area contributed by atoms with Crippen LogP contribution in [0.2, 0.25) is 0 Å². The SMILES string of the molecule is CCCCCCCCc1ccc2cc3cc4cc5cc(CCCCCCCC)ccc5cc4cc3cc2c1. The number of rotatable bonds is 14. The maximum Gasteiger partial charge on any atom is -0.0171 e. The Labute approximate surface area is 230 Å². The van der Waals surface area contributed by atoms with Crippen LogP contribution in [0.25, 0.3) is 43.1 Å². The largest absolute Gasteiger partial charge is 0.0654 e. The van der Waals surface area contributed by atoms with E-state index in [1.54, 1.807) is 0 Å². The fraction of sp³-hybridized carbons (Fsp3) is 0.421. The number of benzene rings is 5. The summed E-state index contributed by atoms with van der Waals surface area (Å²) in [6, 6.07) is 28.6. The normalized spacial score (nSPS) is 11.8. The molecule has 5 aromatic carbocycles. The lowest BCUT2D eigenvalue weighted by Gasteiger charge is -2.10. The summed E-state index contributed by atoms with van der Waals surface area (Å²) in [6.07, 6.45) is 18.7. The van der Waals surface area contributed by atoms with Gasteiger partial charge in [-0.2, -0.15) is 0 Å². The van der Waals surface area contributed by atoms with Gasteiger partial charge in [-0.05, 0) is 116 Å². The first-order chi connectivity index (χ1) is 18.7. The van der Waals surface area contributed by atoms with Gasteiger partial charge in [-0.1, -0.05) is 114 Å². The van der Waals surface area contributed by atoms with Crippen molar-refractivity contribution in [3.63, 3.8) is 0 Å². The average molecular weight is 503 g/mol. The van der Waals surface area contributed by atoms with Crippen LogP contribution in [0.4, 0.5) is 0 Å². The lowest BCUT2D eigenvalue weighted by Crippen LogP contribution is -1.88. The average Bonchev–Trinajstić information content (AvgIpc) is 2.93. The molecule has 0 aliphatic heterocycles. The predicted octanol–water partition coefficient (Wildman–Crippen LogP) is 12.1. The summed E-state index contributed by atoms with van der Waals surface area (Å²) >= 11 is 0. The van der Waals surface area contributed by atoms with Crippen LogP contribution in [-0.2, 0) is 12.8 Å². The minimum Gasteiger partial charge on any atom is -0.0654 e. The standard InChI is InChI=1S/C38H46/c1-3-5-7-9-11-13-15-29-17-19-31-23-35-28-38-26-34-22-30(16-14-12-10-8-6-4-2)18-20-32(34)24-36(38)27-37(35)25-33(31)21-29/h17-28H,3-16H2,1-2H3. The van der Waals surface area contributed by atoms with E-state index >= 15 is 0 Å². The van der Waals surface area contributed by atoms with Crippen molar-refractivity contribution in [2.75, 3.05) is 0 Å². The molecule has 0 spiro atoms. The molecule has 198 valence electrons. The predicted molar refractivity (Wildman–Crippen MR) is 171 cm³/mol. The van der Waals surface area contributed by atoms with E-state index in [2.05, 4.69) is 86.6 Å². The van der Waals surface area contributed by atoms with Crippen LogP contribution in [0.1, 0.15) is 102 Å². The van der Waals surface area contributed by atoms with Crippen LogP contribution < -0.4 is 0 Å². The summed E-state index contributed by atoms with van der Waals surface area (Å²) < 4.78 is 0. The Balaban J connectivity index is 1.33. The van der Waals surface area contributed by atoms with E-state index in [4.69, 9.17) is 0 Å². The third-order valence-electron chi connectivity index (χ3n) is 8.47. The molecule has 0 aliphatic rings. The molecule has 0 nitrogen and oxygen atoms in total. The number of aryl methyl sites for hydroxylation is 2. The highest BCUT2D eigenvalue weighted by atomic mass is 14.1. The highest BCUT2D eigenvalue weighted by molar-refractivity contribution is 6.08. The van der Waals surface area contributed by atoms with Crippen molar-refractivity contribution in [1.82, 2.24) is 0 Å². The summed E-state index contributed by atoms with van der Waals surface area (Å²) in [6.45, 7) is 4.58. The van der Waals surface area contributed by atoms with E-state index in [-0.39, 0.29) is 0 Å². The van der Waals surface area contributed by atoms with Crippen molar-refractivity contribution in [1.29, 1.82) is 0 Å². The lowest BCUT2D eigenvalue weighted by atomic mass is 9.95. The maximum atomic E-state index is 2.43. The molecule has 0 unspecified atom stereocenters. The van der Waals surface area contributed by atoms with E-state index < -0.39 is 0 Å². The molecular formula is C38H46. The molecular weight excluding hydrogens is 456 g/mol. The molecule has 0 heterocycles. The molecule has 0 N–H and O–H groups in total. The second-order valence-corrected chi connectivity index (χ2v) is 11.6. The van der Waals surface area contributed by atoms with Crippen molar-refractivity contribution in [3.05, 3.63) is 83.9 Å². The van der Waals surface area contributed by atoms with Crippen LogP contribution in [0.3, 0.4) is 0 Å². The zero-order chi connectivity index (χ0) is 26.2. The van der Waals surface area contributed by atoms with Gasteiger partial charge in [0.2, 0.25) is 0 Å². The molecule has 0 amide bonds. The van der Waals surface area contributed by atoms with E-state index in [9.17, 15) is 0 Å². The van der Waals surface area contributed by atoms with E-state index in [0.29, 0.717) is 0 Å². The van der Waals surface area contributed by atoms with Gasteiger partial charge in [0.25, 0.3) is 0 Å². The molecule has 0 heteroatoms. The molecule has 0 saturated heterocycles. The van der Waals surface area contributed by atoms with Gasteiger partial charge in [0.1, 0.15) is 0 Å². The first kappa shape index (κ1) is 26.7. The lowest BCUT2D eigenvalue weighted by molar-refractivity contribution is 0.607. The molecule has 0 bridgehead atoms. The van der Waals surface area contributed by atoms with Crippen molar-refractivity contribution in [3.8, 4) is 0 Å². The summed E-state index contributed by atoms with van der Waals surface area (Å²) in [5.41, 5.74) is 2.96. The van der Waals surface area contributed by atoms with Crippen LogP contribution in [0.15, 0.2) is 72.8 Å². The summed E-state index contributed by atoms with van der Waals surface area (Å²) in [4.78, 5) is 0. The van der Waals surface area contributed by atoms with E-state index in [0.717, 1.165) is 0 Å². The van der Waals surface area contributed by atoms with Gasteiger partial charge in [0, 0.05) is 0 Å². The molecule has 5 aromatic rings. The Morgan fingerprint density at radius 1 is 0.316 bits per heavy atom. The first-order valence-electron chi connectivity index (χ1n) is 15.6. The van der Waals surface area contributed by atoms with Crippen LogP contribution >= 0.6 is 0 Å². The topological polar surface area (TPSA) is 0 Å². The van der Waals surface area contributed by atoms with Gasteiger partial charge in [0.15, 0.2) is 0 Å². The van der Waals surface area contributed by atoms with Crippen molar-refractivity contribution in [2.45, 2.75) is 104 Å². The van der Waals surface area contributed by atoms with Gasteiger partial charge < -0.3 is 0 Å². The quantitative estimate of drug-likeness (QED) is 0.105. The van der Waals surface area contributed by atoms with Gasteiger partial charge in [-0.3, -0.25) is 0 Å². The van der Waals surface area contributed by atoms with Gasteiger partial charge in [-0.25, -0.2) is 0 Å². The Kier molecular flexibility index (Phi) is 9.34. The summed E-state index contributed by atoms with van der Waals surface area (Å²) in [7, 11) is 0. The molecule has 0 aromatic heterocycles. The smallest absolute Gasteiger partial charge is 0.0171 e. The van der Waals surface area contributed by atoms with Gasteiger partial charge in [0.05, 0.1) is 0 Å². The second-order valence-electron chi connectivity index (χ2n) is 11.6. The highest BCUT2D eigenvalue weighted by Gasteiger charge is 2.06. The van der Waals surface area contributed by atoms with Crippen LogP contribution in [0, 0.1) is 0 Å². The Morgan fingerprint density at radius 2 is 0.632 bits per heavy atom. The van der Waals surface area contributed by atoms with Gasteiger partial charge in [-0.15, -0.1) is 0 Å². The molecule has 0 aliphatic carbocycles. The molecule has 5 rings (SSSR count). The molecule has 0 saturated carbocycles. The summed E-state index contributed by atoms with van der Waals surface area (Å²) in [5.74, 6) is 0. The Hall–Kier alpha value is -2.86. The maximum absolute atomic E-state index is 2.43. The Bertz CT molecular complexity index is 1370. The Morgan fingerprint density at radius 3 is 1.03 bits per heavy atom. The fourth-order valence-electron chi connectivity index (χ4n) is 6.13. The third kappa shape index (κ3) is 6.76. The molecule has 38 heavy (non-hydrogen) atoms. The zero-order valence-corrected chi connectivity index (χ0v) is 23.8.